The predicted octanol–water partition coefficient (Wildman–Crippen LogP) is 5.38. The first-order chi connectivity index (χ1) is 13.0. The summed E-state index contributed by atoms with van der Waals surface area (Å²) in [6.45, 7) is 5.58. The van der Waals surface area contributed by atoms with Crippen molar-refractivity contribution in [3.63, 3.8) is 0 Å². The highest BCUT2D eigenvalue weighted by Gasteiger charge is 2.43. The van der Waals surface area contributed by atoms with Gasteiger partial charge in [0.25, 0.3) is 10.3 Å². The van der Waals surface area contributed by atoms with E-state index in [9.17, 15) is 0 Å². The maximum Gasteiger partial charge on any atom is 0.257 e. The van der Waals surface area contributed by atoms with Crippen molar-refractivity contribution < 1.29 is 9.47 Å². The largest absolute Gasteiger partial charge is 0.471 e. The molecule has 0 atom stereocenters. The molecule has 2 aliphatic rings. The lowest BCUT2D eigenvalue weighted by Gasteiger charge is -2.48. The molecular weight excluding hydrogens is 376 g/mol. The summed E-state index contributed by atoms with van der Waals surface area (Å²) in [5.74, 6) is 0. The van der Waals surface area contributed by atoms with Crippen molar-refractivity contribution in [3.05, 3.63) is 0 Å². The second-order valence-corrected chi connectivity index (χ2v) is 9.12. The third-order valence-corrected chi connectivity index (χ3v) is 6.35. The zero-order valence-corrected chi connectivity index (χ0v) is 18.9. The van der Waals surface area contributed by atoms with E-state index in [2.05, 4.69) is 24.5 Å². The molecule has 4 nitrogen and oxygen atoms in total. The number of rotatable bonds is 8. The molecule has 0 aliphatic heterocycles. The highest BCUT2D eigenvalue weighted by atomic mass is 32.1. The van der Waals surface area contributed by atoms with Crippen LogP contribution in [0.3, 0.4) is 0 Å². The molecule has 0 bridgehead atoms. The molecule has 0 saturated heterocycles. The van der Waals surface area contributed by atoms with E-state index in [0.29, 0.717) is 23.6 Å². The van der Waals surface area contributed by atoms with Crippen LogP contribution in [0.5, 0.6) is 0 Å². The van der Waals surface area contributed by atoms with Crippen molar-refractivity contribution in [3.8, 4) is 0 Å². The zero-order chi connectivity index (χ0) is 19.6. The summed E-state index contributed by atoms with van der Waals surface area (Å²) in [6, 6.07) is 0. The fourth-order valence-electron chi connectivity index (χ4n) is 4.69. The van der Waals surface area contributed by atoms with Gasteiger partial charge >= 0.3 is 0 Å². The Kier molecular flexibility index (Phi) is 9.57. The molecule has 2 rings (SSSR count). The van der Waals surface area contributed by atoms with Gasteiger partial charge in [-0.05, 0) is 69.4 Å². The van der Waals surface area contributed by atoms with Gasteiger partial charge in [0.15, 0.2) is 0 Å². The third kappa shape index (κ3) is 7.37. The van der Waals surface area contributed by atoms with Gasteiger partial charge in [-0.3, -0.25) is 0 Å². The lowest BCUT2D eigenvalue weighted by atomic mass is 9.68. The van der Waals surface area contributed by atoms with Crippen LogP contribution in [-0.4, -0.2) is 34.6 Å². The average molecular weight is 415 g/mol. The number of hydrogen-bond donors (Lipinski definition) is 2. The van der Waals surface area contributed by atoms with Gasteiger partial charge in [-0.25, -0.2) is 0 Å². The summed E-state index contributed by atoms with van der Waals surface area (Å²) in [5.41, 5.74) is 0.0154. The summed E-state index contributed by atoms with van der Waals surface area (Å²) in [5, 5.41) is 8.41. The Balaban J connectivity index is 2.11. The first-order valence-electron chi connectivity index (χ1n) is 10.9. The zero-order valence-electron chi connectivity index (χ0n) is 17.2. The molecule has 27 heavy (non-hydrogen) atoms. The maximum atomic E-state index is 5.72. The standard InChI is InChI=1S/C21H38N2O2S2/c1-3-15-24-18(26)22-20(11-7-5-8-12-20)17-21(13-9-6-10-14-21)23-19(27)25-16-4-2/h3-17H2,1-2H3,(H,22,26)(H,23,27). The van der Waals surface area contributed by atoms with E-state index in [1.165, 1.54) is 38.5 Å². The molecule has 0 spiro atoms. The Bertz CT molecular complexity index is 431. The Morgan fingerprint density at radius 2 is 1.07 bits per heavy atom. The molecule has 2 saturated carbocycles. The topological polar surface area (TPSA) is 42.5 Å². The van der Waals surface area contributed by atoms with Gasteiger partial charge in [0.1, 0.15) is 0 Å². The Hall–Kier alpha value is -0.620. The fraction of sp³-hybridized carbons (Fsp3) is 0.905. The molecule has 0 radical (unpaired) electrons. The van der Waals surface area contributed by atoms with Crippen molar-refractivity contribution >= 4 is 34.8 Å². The second kappa shape index (κ2) is 11.4. The van der Waals surface area contributed by atoms with Gasteiger partial charge in [-0.1, -0.05) is 52.4 Å². The SMILES string of the molecule is CCCOC(=S)NC1(CC2(NC(=S)OCCC)CCCCC2)CCCCC1. The lowest BCUT2D eigenvalue weighted by molar-refractivity contribution is 0.131. The molecule has 2 fully saturated rings. The van der Waals surface area contributed by atoms with Crippen molar-refractivity contribution in [2.75, 3.05) is 13.2 Å². The van der Waals surface area contributed by atoms with Crippen molar-refractivity contribution in [2.45, 2.75) is 108 Å². The van der Waals surface area contributed by atoms with Gasteiger partial charge in [-0.15, -0.1) is 0 Å². The third-order valence-electron chi connectivity index (χ3n) is 5.91. The minimum absolute atomic E-state index is 0.00772. The van der Waals surface area contributed by atoms with Crippen LogP contribution in [-0.2, 0) is 9.47 Å². The van der Waals surface area contributed by atoms with Crippen LogP contribution >= 0.6 is 24.4 Å². The van der Waals surface area contributed by atoms with E-state index >= 15 is 0 Å². The smallest absolute Gasteiger partial charge is 0.257 e. The molecule has 0 unspecified atom stereocenters. The van der Waals surface area contributed by atoms with Crippen LogP contribution in [0, 0.1) is 0 Å². The Morgan fingerprint density at radius 1 is 0.704 bits per heavy atom. The van der Waals surface area contributed by atoms with Gasteiger partial charge in [-0.2, -0.15) is 0 Å². The van der Waals surface area contributed by atoms with Crippen LogP contribution in [0.4, 0.5) is 0 Å². The Labute approximate surface area is 176 Å². The highest BCUT2D eigenvalue weighted by Crippen LogP contribution is 2.41. The monoisotopic (exact) mass is 414 g/mol. The first kappa shape index (κ1) is 22.7. The second-order valence-electron chi connectivity index (χ2n) is 8.38. The van der Waals surface area contributed by atoms with Crippen LogP contribution in [0.25, 0.3) is 0 Å². The molecule has 2 N–H and O–H groups in total. The van der Waals surface area contributed by atoms with Crippen molar-refractivity contribution in [2.24, 2.45) is 0 Å². The van der Waals surface area contributed by atoms with E-state index in [4.69, 9.17) is 33.9 Å². The molecule has 0 aromatic rings. The van der Waals surface area contributed by atoms with Crippen molar-refractivity contribution in [1.82, 2.24) is 10.6 Å². The molecule has 0 amide bonds. The minimum atomic E-state index is 0.00772. The molecule has 0 heterocycles. The van der Waals surface area contributed by atoms with Crippen LogP contribution in [0.15, 0.2) is 0 Å². The van der Waals surface area contributed by atoms with E-state index < -0.39 is 0 Å². The summed E-state index contributed by atoms with van der Waals surface area (Å²) in [6.07, 6.45) is 15.2. The Morgan fingerprint density at radius 3 is 1.41 bits per heavy atom. The van der Waals surface area contributed by atoms with Crippen molar-refractivity contribution in [1.29, 1.82) is 0 Å². The van der Waals surface area contributed by atoms with Crippen LogP contribution < -0.4 is 10.6 Å². The summed E-state index contributed by atoms with van der Waals surface area (Å²) in [4.78, 5) is 0. The van der Waals surface area contributed by atoms with Crippen LogP contribution in [0.2, 0.25) is 0 Å². The predicted molar refractivity (Wildman–Crippen MR) is 120 cm³/mol. The van der Waals surface area contributed by atoms with Gasteiger partial charge < -0.3 is 20.1 Å². The number of ether oxygens (including phenoxy) is 2. The highest BCUT2D eigenvalue weighted by molar-refractivity contribution is 7.80. The van der Waals surface area contributed by atoms with Crippen LogP contribution in [0.1, 0.15) is 97.3 Å². The summed E-state index contributed by atoms with van der Waals surface area (Å²) >= 11 is 11.0. The molecule has 0 aromatic heterocycles. The number of hydrogen-bond acceptors (Lipinski definition) is 4. The fourth-order valence-corrected chi connectivity index (χ4v) is 5.29. The normalized spacial score (nSPS) is 21.1. The quantitative estimate of drug-likeness (QED) is 0.520. The first-order valence-corrected chi connectivity index (χ1v) is 11.7. The summed E-state index contributed by atoms with van der Waals surface area (Å²) < 4.78 is 11.4. The van der Waals surface area contributed by atoms with Gasteiger partial charge in [0.2, 0.25) is 0 Å². The number of nitrogens with one attached hydrogen (secondary N) is 2. The van der Waals surface area contributed by atoms with E-state index in [1.807, 2.05) is 0 Å². The lowest BCUT2D eigenvalue weighted by Crippen LogP contribution is -2.60. The average Bonchev–Trinajstić information content (AvgIpc) is 2.65. The molecule has 156 valence electrons. The minimum Gasteiger partial charge on any atom is -0.471 e. The summed E-state index contributed by atoms with van der Waals surface area (Å²) in [7, 11) is 0. The number of thiocarbonyl (C=S) groups is 2. The maximum absolute atomic E-state index is 5.72. The van der Waals surface area contributed by atoms with E-state index in [0.717, 1.165) is 44.9 Å². The van der Waals surface area contributed by atoms with E-state index in [1.54, 1.807) is 0 Å². The molecular formula is C21H38N2O2S2. The van der Waals surface area contributed by atoms with Gasteiger partial charge in [0, 0.05) is 11.1 Å². The molecule has 2 aliphatic carbocycles. The van der Waals surface area contributed by atoms with Gasteiger partial charge in [0.05, 0.1) is 13.2 Å². The van der Waals surface area contributed by atoms with E-state index in [-0.39, 0.29) is 11.1 Å². The molecule has 0 aromatic carbocycles. The molecule has 6 heteroatoms.